The van der Waals surface area contributed by atoms with Gasteiger partial charge in [-0.1, -0.05) is 11.6 Å². The summed E-state index contributed by atoms with van der Waals surface area (Å²) in [5.41, 5.74) is 2.53. The first-order valence-corrected chi connectivity index (χ1v) is 7.30. The molecule has 0 aliphatic carbocycles. The van der Waals surface area contributed by atoms with Gasteiger partial charge < -0.3 is 10.2 Å². The predicted octanol–water partition coefficient (Wildman–Crippen LogP) is 2.81. The van der Waals surface area contributed by atoms with E-state index in [1.807, 2.05) is 0 Å². The van der Waals surface area contributed by atoms with Crippen LogP contribution < -0.4 is 11.0 Å². The van der Waals surface area contributed by atoms with Gasteiger partial charge in [0.05, 0.1) is 16.9 Å². The molecular formula is C11H7Br2ClN4O3. The molecule has 0 radical (unpaired) electrons. The van der Waals surface area contributed by atoms with Crippen LogP contribution in [0.4, 0.5) is 5.69 Å². The van der Waals surface area contributed by atoms with E-state index in [-0.39, 0.29) is 26.7 Å². The first-order chi connectivity index (χ1) is 9.91. The number of hydrogen-bond acceptors (Lipinski definition) is 6. The van der Waals surface area contributed by atoms with E-state index in [1.165, 1.54) is 18.5 Å². The Hall–Kier alpha value is -1.58. The molecule has 1 heterocycles. The third kappa shape index (κ3) is 3.36. The molecule has 7 nitrogen and oxygen atoms in total. The normalized spacial score (nSPS) is 11.0. The number of aromatic hydroxyl groups is 2. The first-order valence-electron chi connectivity index (χ1n) is 5.34. The van der Waals surface area contributed by atoms with Crippen molar-refractivity contribution in [1.29, 1.82) is 0 Å². The molecule has 2 rings (SSSR count). The molecule has 10 heteroatoms. The second kappa shape index (κ2) is 6.46. The van der Waals surface area contributed by atoms with Gasteiger partial charge >= 0.3 is 0 Å². The second-order valence-corrected chi connectivity index (χ2v) is 5.78. The molecule has 0 fully saturated rings. The smallest absolute Gasteiger partial charge is 0.285 e. The summed E-state index contributed by atoms with van der Waals surface area (Å²) in [6, 6.07) is 1.47. The molecular weight excluding hydrogens is 431 g/mol. The number of anilines is 1. The van der Waals surface area contributed by atoms with Crippen molar-refractivity contribution in [2.75, 3.05) is 5.43 Å². The van der Waals surface area contributed by atoms with Gasteiger partial charge in [0.15, 0.2) is 0 Å². The number of halogens is 3. The Kier molecular flexibility index (Phi) is 4.86. The van der Waals surface area contributed by atoms with Crippen LogP contribution >= 0.6 is 43.5 Å². The maximum Gasteiger partial charge on any atom is 0.285 e. The SMILES string of the molecule is O=c1[nH]ncc(N/N=C/c2cc(Br)c(O)c(Br)c2O)c1Cl. The number of phenolic OH excluding ortho intramolecular Hbond substituents is 2. The summed E-state index contributed by atoms with van der Waals surface area (Å²) in [6.07, 6.45) is 2.59. The minimum atomic E-state index is -0.546. The molecule has 0 unspecified atom stereocenters. The molecule has 0 amide bonds. The summed E-state index contributed by atoms with van der Waals surface area (Å²) in [4.78, 5) is 11.2. The van der Waals surface area contributed by atoms with Crippen LogP contribution in [0.15, 0.2) is 31.1 Å². The van der Waals surface area contributed by atoms with E-state index >= 15 is 0 Å². The van der Waals surface area contributed by atoms with Crippen LogP contribution in [0.2, 0.25) is 5.02 Å². The van der Waals surface area contributed by atoms with Crippen LogP contribution in [-0.4, -0.2) is 26.6 Å². The van der Waals surface area contributed by atoms with Gasteiger partial charge in [-0.05, 0) is 37.9 Å². The Morgan fingerprint density at radius 2 is 2.10 bits per heavy atom. The zero-order valence-electron chi connectivity index (χ0n) is 10.1. The molecule has 1 aromatic heterocycles. The lowest BCUT2D eigenvalue weighted by molar-refractivity contribution is 0.442. The Morgan fingerprint density at radius 1 is 1.38 bits per heavy atom. The number of phenols is 2. The number of hydrogen-bond donors (Lipinski definition) is 4. The van der Waals surface area contributed by atoms with E-state index in [0.29, 0.717) is 10.0 Å². The topological polar surface area (TPSA) is 111 Å². The van der Waals surface area contributed by atoms with Crippen molar-refractivity contribution in [2.24, 2.45) is 5.10 Å². The van der Waals surface area contributed by atoms with Gasteiger partial charge in [0.1, 0.15) is 26.7 Å². The maximum absolute atomic E-state index is 11.2. The number of rotatable bonds is 3. The Bertz CT molecular complexity index is 779. The van der Waals surface area contributed by atoms with Gasteiger partial charge in [-0.15, -0.1) is 0 Å². The zero-order valence-corrected chi connectivity index (χ0v) is 14.0. The van der Waals surface area contributed by atoms with Crippen molar-refractivity contribution in [3.05, 3.63) is 42.1 Å². The zero-order chi connectivity index (χ0) is 15.6. The van der Waals surface area contributed by atoms with E-state index in [2.05, 4.69) is 52.6 Å². The lowest BCUT2D eigenvalue weighted by Gasteiger charge is -2.06. The highest BCUT2D eigenvalue weighted by Crippen LogP contribution is 2.40. The highest BCUT2D eigenvalue weighted by atomic mass is 79.9. The van der Waals surface area contributed by atoms with Crippen molar-refractivity contribution in [1.82, 2.24) is 10.2 Å². The van der Waals surface area contributed by atoms with Crippen LogP contribution in [-0.2, 0) is 0 Å². The van der Waals surface area contributed by atoms with E-state index in [1.54, 1.807) is 0 Å². The molecule has 2 aromatic rings. The van der Waals surface area contributed by atoms with Gasteiger partial charge in [0.25, 0.3) is 5.56 Å². The molecule has 1 aromatic carbocycles. The van der Waals surface area contributed by atoms with Gasteiger partial charge in [-0.2, -0.15) is 10.2 Å². The van der Waals surface area contributed by atoms with E-state index < -0.39 is 5.56 Å². The summed E-state index contributed by atoms with van der Waals surface area (Å²) in [7, 11) is 0. The van der Waals surface area contributed by atoms with Crippen LogP contribution in [0, 0.1) is 0 Å². The second-order valence-electron chi connectivity index (χ2n) is 3.76. The Morgan fingerprint density at radius 3 is 2.81 bits per heavy atom. The van der Waals surface area contributed by atoms with Crippen molar-refractivity contribution in [2.45, 2.75) is 0 Å². The molecule has 0 atom stereocenters. The number of nitrogens with one attached hydrogen (secondary N) is 2. The molecule has 0 aliphatic rings. The van der Waals surface area contributed by atoms with E-state index in [0.717, 1.165) is 0 Å². The van der Waals surface area contributed by atoms with E-state index in [4.69, 9.17) is 11.6 Å². The fraction of sp³-hybridized carbons (Fsp3) is 0. The molecule has 21 heavy (non-hydrogen) atoms. The van der Waals surface area contributed by atoms with Crippen LogP contribution in [0.1, 0.15) is 5.56 Å². The number of aromatic amines is 1. The van der Waals surface area contributed by atoms with Gasteiger partial charge in [0, 0.05) is 5.56 Å². The highest BCUT2D eigenvalue weighted by Gasteiger charge is 2.12. The standard InChI is InChI=1S/C11H7Br2ClN4O3/c12-5-1-4(9(19)7(13)10(5)20)2-15-17-6-3-16-18-11(21)8(6)14/h1-3,19-20H,(H2,17,18,21)/b15-2+. The molecule has 110 valence electrons. The fourth-order valence-electron chi connectivity index (χ4n) is 1.35. The van der Waals surface area contributed by atoms with Crippen molar-refractivity contribution >= 4 is 55.4 Å². The predicted molar refractivity (Wildman–Crippen MR) is 86.3 cm³/mol. The van der Waals surface area contributed by atoms with Crippen LogP contribution in [0.25, 0.3) is 0 Å². The largest absolute Gasteiger partial charge is 0.506 e. The molecule has 0 spiro atoms. The number of hydrazone groups is 1. The number of aromatic nitrogens is 2. The average molecular weight is 438 g/mol. The lowest BCUT2D eigenvalue weighted by atomic mass is 10.2. The number of benzene rings is 1. The number of nitrogens with zero attached hydrogens (tertiary/aromatic N) is 2. The monoisotopic (exact) mass is 436 g/mol. The Balaban J connectivity index is 2.27. The lowest BCUT2D eigenvalue weighted by Crippen LogP contribution is -2.10. The number of H-pyrrole nitrogens is 1. The van der Waals surface area contributed by atoms with Gasteiger partial charge in [-0.3, -0.25) is 10.2 Å². The molecule has 0 saturated heterocycles. The minimum absolute atomic E-state index is 0.0839. The van der Waals surface area contributed by atoms with Crippen LogP contribution in [0.3, 0.4) is 0 Å². The van der Waals surface area contributed by atoms with Crippen molar-refractivity contribution in [3.63, 3.8) is 0 Å². The molecule has 0 bridgehead atoms. The van der Waals surface area contributed by atoms with E-state index in [9.17, 15) is 15.0 Å². The highest BCUT2D eigenvalue weighted by molar-refractivity contribution is 9.11. The third-order valence-corrected chi connectivity index (χ3v) is 4.11. The third-order valence-electron chi connectivity index (χ3n) is 2.38. The van der Waals surface area contributed by atoms with Crippen molar-refractivity contribution < 1.29 is 10.2 Å². The summed E-state index contributed by atoms with van der Waals surface area (Å²) in [6.45, 7) is 0. The summed E-state index contributed by atoms with van der Waals surface area (Å²) in [5.74, 6) is -0.309. The van der Waals surface area contributed by atoms with Crippen molar-refractivity contribution in [3.8, 4) is 11.5 Å². The van der Waals surface area contributed by atoms with Gasteiger partial charge in [0.2, 0.25) is 0 Å². The quantitative estimate of drug-likeness (QED) is 0.435. The summed E-state index contributed by atoms with van der Waals surface area (Å²) < 4.78 is 0.513. The average Bonchev–Trinajstić information content (AvgIpc) is 2.46. The first kappa shape index (κ1) is 15.8. The minimum Gasteiger partial charge on any atom is -0.506 e. The maximum atomic E-state index is 11.2. The molecule has 0 aliphatic heterocycles. The Labute approximate surface area is 139 Å². The molecule has 0 saturated carbocycles. The van der Waals surface area contributed by atoms with Gasteiger partial charge in [-0.25, -0.2) is 5.10 Å². The summed E-state index contributed by atoms with van der Waals surface area (Å²) >= 11 is 11.9. The van der Waals surface area contributed by atoms with Crippen LogP contribution in [0.5, 0.6) is 11.5 Å². The summed E-state index contributed by atoms with van der Waals surface area (Å²) in [5, 5.41) is 29.0. The fourth-order valence-corrected chi connectivity index (χ4v) is 2.63. The molecule has 4 N–H and O–H groups in total.